The van der Waals surface area contributed by atoms with Crippen LogP contribution in [0.1, 0.15) is 222 Å². The standard InChI is InChI=1S/C18H23F9O4.C18H29F3O4.C16H25F3O4.C14H21F3O4/c1-9(16(19,20)21)14(28)30-8-12-5-3-4-11(6-12)7-13(18(25,26)27)31-15(29)10(2)17(22,23)24;1-3-6-16(22)24-12-14-9-5-8-13(10-14)11-15(18(19,20)21)25-17(23)7-4-2;1-3-14(20)22-10-12-7-5-6-11(8-12)9-13(16(17,18)19)23-15(21)4-2;1-9(18)20-8-12-5-3-4-11(6-12)7-13(14(15,16)17)21-10(2)19/h9-13H,3-8H2,1-2H3;13-15H,3-12H2,1-2H3;11-13H,3-10H2,1-2H3;11-13H,3-8H2,1-2H3. The molecule has 14 unspecified atom stereocenters. The van der Waals surface area contributed by atoms with Gasteiger partial charge in [0, 0.05) is 39.5 Å². The summed E-state index contributed by atoms with van der Waals surface area (Å²) in [4.78, 5) is 89.8. The van der Waals surface area contributed by atoms with Crippen LogP contribution in [0.5, 0.6) is 0 Å². The molecule has 584 valence electrons. The van der Waals surface area contributed by atoms with Gasteiger partial charge in [0.25, 0.3) is 0 Å². The lowest BCUT2D eigenvalue weighted by Gasteiger charge is -2.32. The van der Waals surface area contributed by atoms with Gasteiger partial charge in [-0.05, 0) is 151 Å². The van der Waals surface area contributed by atoms with E-state index in [2.05, 4.69) is 23.7 Å². The average molecular weight is 1490 g/mol. The number of alkyl halides is 18. The van der Waals surface area contributed by atoms with Crippen molar-refractivity contribution in [3.63, 3.8) is 0 Å². The molecule has 0 aromatic heterocycles. The van der Waals surface area contributed by atoms with Crippen molar-refractivity contribution in [2.24, 2.45) is 59.2 Å². The summed E-state index contributed by atoms with van der Waals surface area (Å²) in [7, 11) is 0. The largest absolute Gasteiger partial charge is 0.466 e. The number of carbonyl (C=O) groups is 8. The van der Waals surface area contributed by atoms with Gasteiger partial charge in [0.15, 0.2) is 24.4 Å². The van der Waals surface area contributed by atoms with Gasteiger partial charge in [-0.1, -0.05) is 79.1 Å². The Kier molecular flexibility index (Phi) is 40.9. The van der Waals surface area contributed by atoms with E-state index in [1.165, 1.54) is 13.8 Å². The first-order valence-electron chi connectivity index (χ1n) is 33.9. The summed E-state index contributed by atoms with van der Waals surface area (Å²) in [6.07, 6.45) is -27.5. The number of hydrogen-bond donors (Lipinski definition) is 0. The topological polar surface area (TPSA) is 210 Å². The molecule has 4 rings (SSSR count). The highest BCUT2D eigenvalue weighted by Crippen LogP contribution is 2.42. The SMILES string of the molecule is CC(=O)OCC1CCCC(CC(OC(C)=O)C(F)(F)F)C1.CC(C(=O)OCC1CCCC(CC(OC(=O)C(C)C(F)(F)F)C(F)(F)F)C1)C(F)(F)F.CCC(=O)OCC1CCCC(CC(OC(=O)CC)C(F)(F)F)C1.CCCC(=O)OCC1CCCC(CC(OC(=O)CCC)C(F)(F)F)C1. The maximum Gasteiger partial charge on any atom is 0.425 e. The van der Waals surface area contributed by atoms with Crippen molar-refractivity contribution in [1.82, 2.24) is 0 Å². The van der Waals surface area contributed by atoms with Gasteiger partial charge in [-0.25, -0.2) is 0 Å². The Bertz CT molecular complexity index is 2450. The summed E-state index contributed by atoms with van der Waals surface area (Å²) >= 11 is 0. The Morgan fingerprint density at radius 1 is 0.320 bits per heavy atom. The summed E-state index contributed by atoms with van der Waals surface area (Å²) in [5, 5.41) is 0. The third-order valence-corrected chi connectivity index (χ3v) is 17.4. The van der Waals surface area contributed by atoms with Gasteiger partial charge >= 0.3 is 84.8 Å². The molecule has 0 heterocycles. The fourth-order valence-corrected chi connectivity index (χ4v) is 12.0. The van der Waals surface area contributed by atoms with Crippen molar-refractivity contribution < 1.29 is 155 Å². The summed E-state index contributed by atoms with van der Waals surface area (Å²) in [5.74, 6) is -13.6. The van der Waals surface area contributed by atoms with Crippen molar-refractivity contribution >= 4 is 47.8 Å². The van der Waals surface area contributed by atoms with E-state index in [1.807, 2.05) is 6.92 Å². The number of carbonyl (C=O) groups excluding carboxylic acids is 8. The van der Waals surface area contributed by atoms with Gasteiger partial charge in [0.2, 0.25) is 0 Å². The lowest BCUT2D eigenvalue weighted by molar-refractivity contribution is -0.239. The fourth-order valence-electron chi connectivity index (χ4n) is 12.0. The molecule has 16 nitrogen and oxygen atoms in total. The van der Waals surface area contributed by atoms with Crippen LogP contribution < -0.4 is 0 Å². The molecule has 4 saturated carbocycles. The highest BCUT2D eigenvalue weighted by molar-refractivity contribution is 5.74. The Labute approximate surface area is 571 Å². The predicted molar refractivity (Wildman–Crippen MR) is 320 cm³/mol. The minimum atomic E-state index is -5.09. The molecular formula is C66H98F18O16. The molecule has 0 N–H and O–H groups in total. The van der Waals surface area contributed by atoms with Crippen LogP contribution in [0.15, 0.2) is 0 Å². The second kappa shape index (κ2) is 44.2. The van der Waals surface area contributed by atoms with Crippen LogP contribution in [0.4, 0.5) is 79.0 Å². The molecule has 0 aromatic rings. The zero-order chi connectivity index (χ0) is 76.6. The van der Waals surface area contributed by atoms with Gasteiger partial charge in [-0.2, -0.15) is 79.0 Å². The zero-order valence-corrected chi connectivity index (χ0v) is 57.6. The Morgan fingerprint density at radius 2 is 0.600 bits per heavy atom. The summed E-state index contributed by atoms with van der Waals surface area (Å²) in [6.45, 7) is 10.4. The van der Waals surface area contributed by atoms with Crippen LogP contribution in [0.2, 0.25) is 0 Å². The first-order valence-corrected chi connectivity index (χ1v) is 33.9. The minimum Gasteiger partial charge on any atom is -0.466 e. The molecule has 0 amide bonds. The molecule has 0 bridgehead atoms. The molecule has 0 aromatic carbocycles. The van der Waals surface area contributed by atoms with E-state index >= 15 is 0 Å². The van der Waals surface area contributed by atoms with Crippen LogP contribution in [-0.4, -0.2) is 136 Å². The van der Waals surface area contributed by atoms with Gasteiger partial charge in [0.05, 0.1) is 26.4 Å². The van der Waals surface area contributed by atoms with E-state index in [0.29, 0.717) is 90.9 Å². The fraction of sp³-hybridized carbons (Fsp3) is 0.879. The molecule has 100 heavy (non-hydrogen) atoms. The van der Waals surface area contributed by atoms with Crippen LogP contribution in [0, 0.1) is 59.2 Å². The Morgan fingerprint density at radius 3 is 0.910 bits per heavy atom. The predicted octanol–water partition coefficient (Wildman–Crippen LogP) is 17.7. The third kappa shape index (κ3) is 39.2. The van der Waals surface area contributed by atoms with Gasteiger partial charge in [-0.3, -0.25) is 38.4 Å². The van der Waals surface area contributed by atoms with Crippen molar-refractivity contribution in [3.05, 3.63) is 0 Å². The second-order valence-electron chi connectivity index (χ2n) is 26.2. The minimum absolute atomic E-state index is 0.00669. The highest BCUT2D eigenvalue weighted by atomic mass is 19.4. The molecule has 4 aliphatic rings. The third-order valence-electron chi connectivity index (χ3n) is 17.4. The maximum absolute atomic E-state index is 13.2. The normalized spacial score (nSPS) is 23.3. The molecule has 0 radical (unpaired) electrons. The summed E-state index contributed by atoms with van der Waals surface area (Å²) in [5.41, 5.74) is 0. The van der Waals surface area contributed by atoms with Crippen molar-refractivity contribution in [3.8, 4) is 0 Å². The van der Waals surface area contributed by atoms with E-state index in [-0.39, 0.29) is 118 Å². The number of hydrogen-bond acceptors (Lipinski definition) is 16. The first-order chi connectivity index (χ1) is 46.1. The number of rotatable bonds is 28. The van der Waals surface area contributed by atoms with E-state index < -0.39 is 128 Å². The number of ether oxygens (including phenoxy) is 8. The smallest absolute Gasteiger partial charge is 0.425 e. The number of esters is 8. The lowest BCUT2D eigenvalue weighted by Crippen LogP contribution is -2.40. The molecule has 0 spiro atoms. The molecule has 4 aliphatic carbocycles. The van der Waals surface area contributed by atoms with Gasteiger partial charge < -0.3 is 37.9 Å². The van der Waals surface area contributed by atoms with E-state index in [1.54, 1.807) is 13.8 Å². The van der Waals surface area contributed by atoms with Crippen molar-refractivity contribution in [1.29, 1.82) is 0 Å². The molecule has 4 fully saturated rings. The second-order valence-corrected chi connectivity index (χ2v) is 26.2. The molecule has 14 atom stereocenters. The van der Waals surface area contributed by atoms with Crippen LogP contribution in [0.3, 0.4) is 0 Å². The van der Waals surface area contributed by atoms with Crippen LogP contribution in [0.25, 0.3) is 0 Å². The monoisotopic (exact) mass is 1490 g/mol. The van der Waals surface area contributed by atoms with E-state index in [4.69, 9.17) is 14.2 Å². The Hall–Kier alpha value is -5.50. The zero-order valence-electron chi connectivity index (χ0n) is 57.6. The molecule has 0 saturated heterocycles. The summed E-state index contributed by atoms with van der Waals surface area (Å²) in [6, 6.07) is 0. The molecule has 34 heteroatoms. The van der Waals surface area contributed by atoms with Crippen molar-refractivity contribution in [2.75, 3.05) is 26.4 Å². The molecular weight excluding hydrogens is 1390 g/mol. The van der Waals surface area contributed by atoms with Crippen LogP contribution >= 0.6 is 0 Å². The Balaban J connectivity index is 0.000000674. The highest BCUT2D eigenvalue weighted by Gasteiger charge is 2.51. The lowest BCUT2D eigenvalue weighted by atomic mass is 9.79. The first kappa shape index (κ1) is 92.5. The van der Waals surface area contributed by atoms with Crippen molar-refractivity contribution in [2.45, 2.75) is 284 Å². The van der Waals surface area contributed by atoms with E-state index in [0.717, 1.165) is 45.4 Å². The van der Waals surface area contributed by atoms with E-state index in [9.17, 15) is 117 Å². The summed E-state index contributed by atoms with van der Waals surface area (Å²) < 4.78 is 269. The molecule has 0 aliphatic heterocycles. The average Bonchev–Trinajstić information content (AvgIpc) is 0.849. The van der Waals surface area contributed by atoms with Gasteiger partial charge in [0.1, 0.15) is 11.8 Å². The quantitative estimate of drug-likeness (QED) is 0.0405. The van der Waals surface area contributed by atoms with Gasteiger partial charge in [-0.15, -0.1) is 0 Å². The van der Waals surface area contributed by atoms with Crippen LogP contribution in [-0.2, 0) is 76.3 Å². The number of halogens is 18. The maximum atomic E-state index is 13.2.